The molecule has 1 aliphatic carbocycles. The number of nitrogens with one attached hydrogen (secondary N) is 2. The molecule has 2 rings (SSSR count). The first kappa shape index (κ1) is 13.2. The standard InChI is InChI=1S/C13H17ClN2O2/c1-15-13(17)8-18-12-4-2-3-11(14)10(12)7-16-9-5-6-9/h2-4,9,16H,5-8H2,1H3,(H,15,17). The fourth-order valence-corrected chi connectivity index (χ4v) is 1.83. The molecule has 0 heterocycles. The van der Waals surface area contributed by atoms with Crippen LogP contribution in [0.15, 0.2) is 18.2 Å². The second kappa shape index (κ2) is 6.07. The molecule has 5 heteroatoms. The molecule has 0 bridgehead atoms. The quantitative estimate of drug-likeness (QED) is 0.826. The van der Waals surface area contributed by atoms with Crippen LogP contribution < -0.4 is 15.4 Å². The average molecular weight is 269 g/mol. The van der Waals surface area contributed by atoms with Gasteiger partial charge >= 0.3 is 0 Å². The Morgan fingerprint density at radius 3 is 2.94 bits per heavy atom. The van der Waals surface area contributed by atoms with Gasteiger partial charge in [-0.15, -0.1) is 0 Å². The Morgan fingerprint density at radius 1 is 1.50 bits per heavy atom. The molecule has 98 valence electrons. The van der Waals surface area contributed by atoms with Gasteiger partial charge in [-0.2, -0.15) is 0 Å². The number of halogens is 1. The van der Waals surface area contributed by atoms with E-state index in [1.807, 2.05) is 18.2 Å². The molecule has 0 atom stereocenters. The fourth-order valence-electron chi connectivity index (χ4n) is 1.59. The second-order valence-electron chi connectivity index (χ2n) is 4.33. The number of carbonyl (C=O) groups is 1. The third-order valence-corrected chi connectivity index (χ3v) is 3.21. The van der Waals surface area contributed by atoms with Gasteiger partial charge in [0.25, 0.3) is 5.91 Å². The van der Waals surface area contributed by atoms with Crippen LogP contribution in [-0.4, -0.2) is 25.6 Å². The van der Waals surface area contributed by atoms with Crippen molar-refractivity contribution in [3.63, 3.8) is 0 Å². The number of likely N-dealkylation sites (N-methyl/N-ethyl adjacent to an activating group) is 1. The normalized spacial score (nSPS) is 14.3. The first-order chi connectivity index (χ1) is 8.70. The second-order valence-corrected chi connectivity index (χ2v) is 4.74. The fraction of sp³-hybridized carbons (Fsp3) is 0.462. The molecule has 1 fully saturated rings. The lowest BCUT2D eigenvalue weighted by Gasteiger charge is -2.13. The summed E-state index contributed by atoms with van der Waals surface area (Å²) in [5, 5.41) is 6.57. The molecule has 4 nitrogen and oxygen atoms in total. The molecule has 0 aliphatic heterocycles. The Bertz CT molecular complexity index is 433. The van der Waals surface area contributed by atoms with Crippen LogP contribution in [0.2, 0.25) is 5.02 Å². The van der Waals surface area contributed by atoms with Crippen molar-refractivity contribution in [3.8, 4) is 5.75 Å². The van der Waals surface area contributed by atoms with Crippen LogP contribution in [-0.2, 0) is 11.3 Å². The van der Waals surface area contributed by atoms with E-state index < -0.39 is 0 Å². The smallest absolute Gasteiger partial charge is 0.257 e. The number of rotatable bonds is 6. The summed E-state index contributed by atoms with van der Waals surface area (Å²) in [6.07, 6.45) is 2.44. The van der Waals surface area contributed by atoms with Gasteiger partial charge < -0.3 is 15.4 Å². The third-order valence-electron chi connectivity index (χ3n) is 2.86. The molecule has 0 saturated heterocycles. The van der Waals surface area contributed by atoms with E-state index in [1.54, 1.807) is 7.05 Å². The van der Waals surface area contributed by atoms with Gasteiger partial charge in [0.05, 0.1) is 0 Å². The first-order valence-electron chi connectivity index (χ1n) is 6.05. The number of amides is 1. The summed E-state index contributed by atoms with van der Waals surface area (Å²) in [7, 11) is 1.58. The topological polar surface area (TPSA) is 50.4 Å². The lowest BCUT2D eigenvalue weighted by Crippen LogP contribution is -2.25. The SMILES string of the molecule is CNC(=O)COc1cccc(Cl)c1CNC1CC1. The number of carbonyl (C=O) groups excluding carboxylic acids is 1. The Hall–Kier alpha value is -1.26. The van der Waals surface area contributed by atoms with E-state index in [0.717, 1.165) is 5.56 Å². The third kappa shape index (κ3) is 3.62. The molecule has 1 aromatic rings. The van der Waals surface area contributed by atoms with E-state index in [4.69, 9.17) is 16.3 Å². The van der Waals surface area contributed by atoms with Crippen molar-refractivity contribution in [2.24, 2.45) is 0 Å². The van der Waals surface area contributed by atoms with Gasteiger partial charge in [-0.1, -0.05) is 17.7 Å². The summed E-state index contributed by atoms with van der Waals surface area (Å²) >= 11 is 6.16. The van der Waals surface area contributed by atoms with Crippen LogP contribution in [0, 0.1) is 0 Å². The maximum absolute atomic E-state index is 11.2. The van der Waals surface area contributed by atoms with Gasteiger partial charge in [-0.05, 0) is 25.0 Å². The zero-order chi connectivity index (χ0) is 13.0. The van der Waals surface area contributed by atoms with E-state index in [0.29, 0.717) is 23.4 Å². The lowest BCUT2D eigenvalue weighted by atomic mass is 10.2. The van der Waals surface area contributed by atoms with Crippen LogP contribution in [0.3, 0.4) is 0 Å². The Labute approximate surface area is 112 Å². The highest BCUT2D eigenvalue weighted by Gasteiger charge is 2.21. The Balaban J connectivity index is 2.01. The van der Waals surface area contributed by atoms with Crippen molar-refractivity contribution >= 4 is 17.5 Å². The monoisotopic (exact) mass is 268 g/mol. The number of hydrogen-bond acceptors (Lipinski definition) is 3. The van der Waals surface area contributed by atoms with Gasteiger partial charge in [0.15, 0.2) is 6.61 Å². The summed E-state index contributed by atoms with van der Waals surface area (Å²) < 4.78 is 5.49. The molecule has 1 aliphatic rings. The molecule has 2 N–H and O–H groups in total. The summed E-state index contributed by atoms with van der Waals surface area (Å²) in [6, 6.07) is 6.09. The molecule has 1 amide bonds. The molecular weight excluding hydrogens is 252 g/mol. The lowest BCUT2D eigenvalue weighted by molar-refractivity contribution is -0.122. The minimum atomic E-state index is -0.156. The van der Waals surface area contributed by atoms with Crippen LogP contribution in [0.25, 0.3) is 0 Å². The Kier molecular flexibility index (Phi) is 4.44. The zero-order valence-corrected chi connectivity index (χ0v) is 11.1. The summed E-state index contributed by atoms with van der Waals surface area (Å²) in [5.74, 6) is 0.510. The minimum Gasteiger partial charge on any atom is -0.483 e. The van der Waals surface area contributed by atoms with Gasteiger partial charge in [0.2, 0.25) is 0 Å². The summed E-state index contributed by atoms with van der Waals surface area (Å²) in [4.78, 5) is 11.2. The van der Waals surface area contributed by atoms with Crippen molar-refractivity contribution in [2.45, 2.75) is 25.4 Å². The summed E-state index contributed by atoms with van der Waals surface area (Å²) in [5.41, 5.74) is 0.912. The van der Waals surface area contributed by atoms with Crippen LogP contribution >= 0.6 is 11.6 Å². The van der Waals surface area contributed by atoms with Crippen LogP contribution in [0.1, 0.15) is 18.4 Å². The van der Waals surface area contributed by atoms with Crippen molar-refractivity contribution < 1.29 is 9.53 Å². The maximum Gasteiger partial charge on any atom is 0.257 e. The van der Waals surface area contributed by atoms with Crippen molar-refractivity contribution in [2.75, 3.05) is 13.7 Å². The van der Waals surface area contributed by atoms with Gasteiger partial charge in [-0.3, -0.25) is 4.79 Å². The molecule has 18 heavy (non-hydrogen) atoms. The first-order valence-corrected chi connectivity index (χ1v) is 6.42. The number of ether oxygens (including phenoxy) is 1. The van der Waals surface area contributed by atoms with E-state index >= 15 is 0 Å². The van der Waals surface area contributed by atoms with Gasteiger partial charge in [0, 0.05) is 30.2 Å². The predicted octanol–water partition coefficient (Wildman–Crippen LogP) is 1.72. The Morgan fingerprint density at radius 2 is 2.28 bits per heavy atom. The van der Waals surface area contributed by atoms with E-state index in [9.17, 15) is 4.79 Å². The number of hydrogen-bond donors (Lipinski definition) is 2. The van der Waals surface area contributed by atoms with E-state index in [2.05, 4.69) is 10.6 Å². The van der Waals surface area contributed by atoms with E-state index in [1.165, 1.54) is 12.8 Å². The van der Waals surface area contributed by atoms with Gasteiger partial charge in [0.1, 0.15) is 5.75 Å². The minimum absolute atomic E-state index is 0.00721. The molecular formula is C13H17ClN2O2. The molecule has 0 radical (unpaired) electrons. The van der Waals surface area contributed by atoms with Crippen molar-refractivity contribution in [1.29, 1.82) is 0 Å². The van der Waals surface area contributed by atoms with Crippen LogP contribution in [0.5, 0.6) is 5.75 Å². The summed E-state index contributed by atoms with van der Waals surface area (Å²) in [6.45, 7) is 0.681. The zero-order valence-electron chi connectivity index (χ0n) is 10.3. The predicted molar refractivity (Wildman–Crippen MR) is 70.9 cm³/mol. The highest BCUT2D eigenvalue weighted by molar-refractivity contribution is 6.31. The van der Waals surface area contributed by atoms with Crippen molar-refractivity contribution in [1.82, 2.24) is 10.6 Å². The highest BCUT2D eigenvalue weighted by atomic mass is 35.5. The largest absolute Gasteiger partial charge is 0.483 e. The van der Waals surface area contributed by atoms with E-state index in [-0.39, 0.29) is 12.5 Å². The molecule has 1 saturated carbocycles. The number of benzene rings is 1. The van der Waals surface area contributed by atoms with Crippen LogP contribution in [0.4, 0.5) is 0 Å². The molecule has 1 aromatic carbocycles. The van der Waals surface area contributed by atoms with Gasteiger partial charge in [-0.25, -0.2) is 0 Å². The average Bonchev–Trinajstić information content (AvgIpc) is 3.18. The molecule has 0 aromatic heterocycles. The van der Waals surface area contributed by atoms with Crippen molar-refractivity contribution in [3.05, 3.63) is 28.8 Å². The molecule has 0 unspecified atom stereocenters. The highest BCUT2D eigenvalue weighted by Crippen LogP contribution is 2.28. The maximum atomic E-state index is 11.2. The molecule has 0 spiro atoms.